The summed E-state index contributed by atoms with van der Waals surface area (Å²) in [6.45, 7) is 1.50. The number of aryl methyl sites for hydroxylation is 1. The normalized spacial score (nSPS) is 12.9. The van der Waals surface area contributed by atoms with Crippen LogP contribution < -0.4 is 10.6 Å². The largest absolute Gasteiger partial charge is 0.356 e. The van der Waals surface area contributed by atoms with E-state index in [2.05, 4.69) is 0 Å². The molecule has 0 fully saturated rings. The molecule has 0 atom stereocenters. The Labute approximate surface area is 85.9 Å². The fourth-order valence-corrected chi connectivity index (χ4v) is 2.54. The SMILES string of the molecule is Cc1cc(P(=O)(O)O)cc(P(=O)(O)O)c1. The molecule has 6 nitrogen and oxygen atoms in total. The molecule has 0 saturated carbocycles. The van der Waals surface area contributed by atoms with Crippen molar-refractivity contribution in [1.82, 2.24) is 0 Å². The van der Waals surface area contributed by atoms with Gasteiger partial charge in [0.2, 0.25) is 0 Å². The molecule has 1 rings (SSSR count). The van der Waals surface area contributed by atoms with E-state index in [0.717, 1.165) is 6.07 Å². The Balaban J connectivity index is 3.43. The third-order valence-electron chi connectivity index (χ3n) is 1.72. The Bertz CT molecular complexity index is 430. The molecule has 0 aliphatic heterocycles. The van der Waals surface area contributed by atoms with Crippen LogP contribution in [0.25, 0.3) is 0 Å². The van der Waals surface area contributed by atoms with E-state index in [1.54, 1.807) is 0 Å². The van der Waals surface area contributed by atoms with Gasteiger partial charge in [0.1, 0.15) is 0 Å². The molecule has 8 heteroatoms. The zero-order chi connectivity index (χ0) is 11.9. The van der Waals surface area contributed by atoms with Crippen molar-refractivity contribution in [3.63, 3.8) is 0 Å². The monoisotopic (exact) mass is 252 g/mol. The van der Waals surface area contributed by atoms with Gasteiger partial charge in [-0.2, -0.15) is 0 Å². The summed E-state index contributed by atoms with van der Waals surface area (Å²) in [6, 6.07) is 3.22. The second kappa shape index (κ2) is 3.83. The lowest BCUT2D eigenvalue weighted by molar-refractivity contribution is 0.386. The highest BCUT2D eigenvalue weighted by atomic mass is 31.2. The predicted molar refractivity (Wildman–Crippen MR) is 54.5 cm³/mol. The van der Waals surface area contributed by atoms with Gasteiger partial charge < -0.3 is 19.6 Å². The van der Waals surface area contributed by atoms with Gasteiger partial charge in [0, 0.05) is 0 Å². The highest BCUT2D eigenvalue weighted by Crippen LogP contribution is 2.37. The van der Waals surface area contributed by atoms with Crippen molar-refractivity contribution in [3.8, 4) is 0 Å². The Morgan fingerprint density at radius 1 is 0.867 bits per heavy atom. The minimum atomic E-state index is -4.48. The molecule has 0 aliphatic rings. The molecule has 0 aromatic heterocycles. The smallest absolute Gasteiger partial charge is 0.321 e. The van der Waals surface area contributed by atoms with Gasteiger partial charge in [-0.1, -0.05) is 0 Å². The molecule has 4 N–H and O–H groups in total. The molecule has 1 aromatic rings. The summed E-state index contributed by atoms with van der Waals surface area (Å²) in [4.78, 5) is 35.4. The van der Waals surface area contributed by atoms with Crippen LogP contribution in [0.5, 0.6) is 0 Å². The average molecular weight is 252 g/mol. The molecular formula is C7H10O6P2. The first-order valence-electron chi connectivity index (χ1n) is 3.84. The third kappa shape index (κ3) is 3.24. The summed E-state index contributed by atoms with van der Waals surface area (Å²) in [7, 11) is -8.97. The lowest BCUT2D eigenvalue weighted by Crippen LogP contribution is -2.14. The van der Waals surface area contributed by atoms with E-state index >= 15 is 0 Å². The van der Waals surface area contributed by atoms with Crippen LogP contribution in [0.15, 0.2) is 18.2 Å². The van der Waals surface area contributed by atoms with Crippen molar-refractivity contribution in [2.75, 3.05) is 0 Å². The van der Waals surface area contributed by atoms with Crippen molar-refractivity contribution in [3.05, 3.63) is 23.8 Å². The topological polar surface area (TPSA) is 115 Å². The van der Waals surface area contributed by atoms with E-state index in [-0.39, 0.29) is 10.6 Å². The minimum Gasteiger partial charge on any atom is -0.321 e. The van der Waals surface area contributed by atoms with Crippen molar-refractivity contribution >= 4 is 25.8 Å². The van der Waals surface area contributed by atoms with Gasteiger partial charge in [0.05, 0.1) is 10.6 Å². The maximum Gasteiger partial charge on any atom is 0.356 e. The number of rotatable bonds is 2. The summed E-state index contributed by atoms with van der Waals surface area (Å²) in [5.41, 5.74) is 0.383. The van der Waals surface area contributed by atoms with Crippen LogP contribution in [0, 0.1) is 6.92 Å². The lowest BCUT2D eigenvalue weighted by Gasteiger charge is -2.09. The van der Waals surface area contributed by atoms with Gasteiger partial charge in [0.15, 0.2) is 0 Å². The maximum absolute atomic E-state index is 10.9. The highest BCUT2D eigenvalue weighted by molar-refractivity contribution is 7.61. The summed E-state index contributed by atoms with van der Waals surface area (Å²) in [5, 5.41) is -0.776. The molecule has 0 aliphatic carbocycles. The zero-order valence-corrected chi connectivity index (χ0v) is 9.52. The van der Waals surface area contributed by atoms with Gasteiger partial charge in [-0.15, -0.1) is 0 Å². The standard InChI is InChI=1S/C7H10O6P2/c1-5-2-6(14(8,9)10)4-7(3-5)15(11,12)13/h2-4H,1H3,(H2,8,9,10)(H2,11,12,13). The van der Waals surface area contributed by atoms with E-state index in [1.165, 1.54) is 19.1 Å². The molecule has 0 heterocycles. The van der Waals surface area contributed by atoms with Crippen LogP contribution in [0.2, 0.25) is 0 Å². The van der Waals surface area contributed by atoms with Crippen molar-refractivity contribution < 1.29 is 28.7 Å². The first-order chi connectivity index (χ1) is 6.60. The minimum absolute atomic E-state index is 0.383. The fourth-order valence-electron chi connectivity index (χ4n) is 1.08. The Morgan fingerprint density at radius 2 is 1.20 bits per heavy atom. The Morgan fingerprint density at radius 3 is 1.47 bits per heavy atom. The van der Waals surface area contributed by atoms with Gasteiger partial charge in [-0.25, -0.2) is 0 Å². The molecule has 0 bridgehead atoms. The van der Waals surface area contributed by atoms with E-state index in [0.29, 0.717) is 5.56 Å². The zero-order valence-electron chi connectivity index (χ0n) is 7.73. The molecule has 0 unspecified atom stereocenters. The molecular weight excluding hydrogens is 242 g/mol. The van der Waals surface area contributed by atoms with Crippen LogP contribution in [-0.4, -0.2) is 19.6 Å². The summed E-state index contributed by atoms with van der Waals surface area (Å²) < 4.78 is 21.8. The van der Waals surface area contributed by atoms with Crippen LogP contribution in [-0.2, 0) is 9.13 Å². The number of hydrogen-bond donors (Lipinski definition) is 4. The molecule has 0 radical (unpaired) electrons. The first kappa shape index (κ1) is 12.6. The van der Waals surface area contributed by atoms with Gasteiger partial charge in [-0.05, 0) is 30.7 Å². The lowest BCUT2D eigenvalue weighted by atomic mass is 10.2. The third-order valence-corrected chi connectivity index (χ3v) is 3.58. The molecule has 15 heavy (non-hydrogen) atoms. The van der Waals surface area contributed by atoms with E-state index < -0.39 is 15.2 Å². The number of hydrogen-bond acceptors (Lipinski definition) is 2. The van der Waals surface area contributed by atoms with E-state index in [4.69, 9.17) is 19.6 Å². The Hall–Kier alpha value is -0.480. The van der Waals surface area contributed by atoms with E-state index in [9.17, 15) is 9.13 Å². The first-order valence-corrected chi connectivity index (χ1v) is 7.07. The summed E-state index contributed by atoms with van der Waals surface area (Å²) >= 11 is 0. The van der Waals surface area contributed by atoms with Crippen molar-refractivity contribution in [2.45, 2.75) is 6.92 Å². The number of benzene rings is 1. The summed E-state index contributed by atoms with van der Waals surface area (Å²) in [6.07, 6.45) is 0. The van der Waals surface area contributed by atoms with Crippen LogP contribution in [0.1, 0.15) is 5.56 Å². The molecule has 0 saturated heterocycles. The maximum atomic E-state index is 10.9. The highest BCUT2D eigenvalue weighted by Gasteiger charge is 2.23. The second-order valence-electron chi connectivity index (χ2n) is 3.11. The van der Waals surface area contributed by atoms with Crippen molar-refractivity contribution in [1.29, 1.82) is 0 Å². The van der Waals surface area contributed by atoms with Crippen LogP contribution in [0.4, 0.5) is 0 Å². The summed E-state index contributed by atoms with van der Waals surface area (Å²) in [5.74, 6) is 0. The molecule has 0 amide bonds. The average Bonchev–Trinajstić information content (AvgIpc) is 1.99. The second-order valence-corrected chi connectivity index (χ2v) is 6.32. The van der Waals surface area contributed by atoms with Crippen molar-refractivity contribution in [2.24, 2.45) is 0 Å². The Kier molecular flexibility index (Phi) is 3.22. The fraction of sp³-hybridized carbons (Fsp3) is 0.143. The molecule has 84 valence electrons. The molecule has 0 spiro atoms. The van der Waals surface area contributed by atoms with E-state index in [1.807, 2.05) is 0 Å². The predicted octanol–water partition coefficient (Wildman–Crippen LogP) is -0.399. The van der Waals surface area contributed by atoms with Gasteiger partial charge >= 0.3 is 15.2 Å². The van der Waals surface area contributed by atoms with Gasteiger partial charge in [0.25, 0.3) is 0 Å². The quantitative estimate of drug-likeness (QED) is 0.532. The van der Waals surface area contributed by atoms with Crippen LogP contribution in [0.3, 0.4) is 0 Å². The van der Waals surface area contributed by atoms with Crippen LogP contribution >= 0.6 is 15.2 Å². The molecule has 1 aromatic carbocycles. The van der Waals surface area contributed by atoms with Gasteiger partial charge in [-0.3, -0.25) is 9.13 Å².